The minimum atomic E-state index is -0.439. The van der Waals surface area contributed by atoms with Gasteiger partial charge in [0.25, 0.3) is 0 Å². The van der Waals surface area contributed by atoms with E-state index in [1.807, 2.05) is 38.4 Å². The van der Waals surface area contributed by atoms with Gasteiger partial charge in [0, 0.05) is 6.54 Å². The summed E-state index contributed by atoms with van der Waals surface area (Å²) >= 11 is 0. The van der Waals surface area contributed by atoms with E-state index in [0.717, 1.165) is 30.5 Å². The first-order chi connectivity index (χ1) is 15.0. The maximum absolute atomic E-state index is 12.7. The zero-order chi connectivity index (χ0) is 22.6. The van der Waals surface area contributed by atoms with E-state index in [0.29, 0.717) is 29.4 Å². The molecule has 0 aliphatic heterocycles. The van der Waals surface area contributed by atoms with E-state index >= 15 is 0 Å². The number of benzene rings is 2. The summed E-state index contributed by atoms with van der Waals surface area (Å²) in [6.07, 6.45) is 4.42. The minimum absolute atomic E-state index is 0.198. The second-order valence-electron chi connectivity index (χ2n) is 7.70. The fourth-order valence-electron chi connectivity index (χ4n) is 3.26. The molecular formula is C25H35NO5. The van der Waals surface area contributed by atoms with Crippen LogP contribution in [0.1, 0.15) is 54.1 Å². The Kier molecular flexibility index (Phi) is 10.2. The number of rotatable bonds is 13. The second kappa shape index (κ2) is 12.8. The standard InChI is InChI=1S/C25H35NO5/c1-6-7-8-11-14-30-24-22(28-4)15-21(16-23(24)29-5)25(27)31-18-20-13-10-9-12-19(20)17-26(2)3/h9-10,12-13,15-16H,6-8,11,14,17-18H2,1-5H3. The topological polar surface area (TPSA) is 57.2 Å². The van der Waals surface area contributed by atoms with Crippen molar-refractivity contribution in [1.29, 1.82) is 0 Å². The normalized spacial score (nSPS) is 10.8. The summed E-state index contributed by atoms with van der Waals surface area (Å²) in [5.41, 5.74) is 2.47. The zero-order valence-corrected chi connectivity index (χ0v) is 19.4. The molecule has 0 saturated heterocycles. The van der Waals surface area contributed by atoms with E-state index in [4.69, 9.17) is 18.9 Å². The fraction of sp³-hybridized carbons (Fsp3) is 0.480. The predicted molar refractivity (Wildman–Crippen MR) is 122 cm³/mol. The molecule has 6 heteroatoms. The van der Waals surface area contributed by atoms with Crippen molar-refractivity contribution in [1.82, 2.24) is 4.90 Å². The summed E-state index contributed by atoms with van der Waals surface area (Å²) in [7, 11) is 7.11. The molecule has 170 valence electrons. The Labute approximate surface area is 186 Å². The molecule has 0 radical (unpaired) electrons. The van der Waals surface area contributed by atoms with Gasteiger partial charge in [0.05, 0.1) is 26.4 Å². The average Bonchev–Trinajstić information content (AvgIpc) is 2.77. The number of carbonyl (C=O) groups is 1. The number of unbranched alkanes of at least 4 members (excludes halogenated alkanes) is 3. The Bertz CT molecular complexity index is 809. The van der Waals surface area contributed by atoms with Gasteiger partial charge in [0.1, 0.15) is 6.61 Å². The molecule has 0 amide bonds. The van der Waals surface area contributed by atoms with Gasteiger partial charge in [0.15, 0.2) is 11.5 Å². The van der Waals surface area contributed by atoms with Crippen molar-refractivity contribution in [2.24, 2.45) is 0 Å². The van der Waals surface area contributed by atoms with Crippen LogP contribution >= 0.6 is 0 Å². The van der Waals surface area contributed by atoms with Crippen LogP contribution in [0.15, 0.2) is 36.4 Å². The average molecular weight is 430 g/mol. The molecule has 2 aromatic rings. The van der Waals surface area contributed by atoms with Gasteiger partial charge >= 0.3 is 5.97 Å². The molecule has 0 aliphatic carbocycles. The lowest BCUT2D eigenvalue weighted by molar-refractivity contribution is 0.0470. The molecule has 0 spiro atoms. The summed E-state index contributed by atoms with van der Waals surface area (Å²) in [5.74, 6) is 0.977. The van der Waals surface area contributed by atoms with Crippen molar-refractivity contribution in [3.8, 4) is 17.2 Å². The van der Waals surface area contributed by atoms with E-state index in [-0.39, 0.29) is 6.61 Å². The van der Waals surface area contributed by atoms with Crippen LogP contribution in [-0.2, 0) is 17.9 Å². The highest BCUT2D eigenvalue weighted by molar-refractivity contribution is 5.91. The molecule has 0 bridgehead atoms. The molecule has 2 rings (SSSR count). The van der Waals surface area contributed by atoms with Crippen molar-refractivity contribution < 1.29 is 23.7 Å². The maximum Gasteiger partial charge on any atom is 0.338 e. The van der Waals surface area contributed by atoms with Crippen molar-refractivity contribution in [3.05, 3.63) is 53.1 Å². The molecule has 0 atom stereocenters. The Balaban J connectivity index is 2.11. The summed E-state index contributed by atoms with van der Waals surface area (Å²) < 4.78 is 22.4. The molecule has 0 heterocycles. The first kappa shape index (κ1) is 24.5. The van der Waals surface area contributed by atoms with E-state index in [9.17, 15) is 4.79 Å². The Morgan fingerprint density at radius 2 is 1.58 bits per heavy atom. The van der Waals surface area contributed by atoms with Crippen molar-refractivity contribution in [2.75, 3.05) is 34.9 Å². The molecule has 0 saturated carbocycles. The zero-order valence-electron chi connectivity index (χ0n) is 19.4. The fourth-order valence-corrected chi connectivity index (χ4v) is 3.26. The summed E-state index contributed by atoms with van der Waals surface area (Å²) in [4.78, 5) is 14.8. The quantitative estimate of drug-likeness (QED) is 0.327. The third kappa shape index (κ3) is 7.47. The van der Waals surface area contributed by atoms with E-state index < -0.39 is 5.97 Å². The van der Waals surface area contributed by atoms with Crippen LogP contribution in [0.2, 0.25) is 0 Å². The highest BCUT2D eigenvalue weighted by Crippen LogP contribution is 2.39. The lowest BCUT2D eigenvalue weighted by Gasteiger charge is -2.17. The molecule has 6 nitrogen and oxygen atoms in total. The second-order valence-corrected chi connectivity index (χ2v) is 7.70. The number of methoxy groups -OCH3 is 2. The predicted octanol–water partition coefficient (Wildman–Crippen LogP) is 5.08. The summed E-state index contributed by atoms with van der Waals surface area (Å²) in [6.45, 7) is 3.72. The number of esters is 1. The number of ether oxygens (including phenoxy) is 4. The third-order valence-electron chi connectivity index (χ3n) is 4.90. The highest BCUT2D eigenvalue weighted by Gasteiger charge is 2.19. The van der Waals surface area contributed by atoms with Crippen LogP contribution in [0.3, 0.4) is 0 Å². The van der Waals surface area contributed by atoms with E-state index in [1.54, 1.807) is 26.4 Å². The van der Waals surface area contributed by atoms with Crippen molar-refractivity contribution in [3.63, 3.8) is 0 Å². The first-order valence-corrected chi connectivity index (χ1v) is 10.8. The minimum Gasteiger partial charge on any atom is -0.493 e. The van der Waals surface area contributed by atoms with E-state index in [1.165, 1.54) is 12.8 Å². The van der Waals surface area contributed by atoms with Gasteiger partial charge in [-0.25, -0.2) is 4.79 Å². The van der Waals surface area contributed by atoms with Crippen LogP contribution in [-0.4, -0.2) is 45.8 Å². The number of nitrogens with zero attached hydrogens (tertiary/aromatic N) is 1. The molecule has 2 aromatic carbocycles. The van der Waals surface area contributed by atoms with Crippen LogP contribution < -0.4 is 14.2 Å². The number of hydrogen-bond acceptors (Lipinski definition) is 6. The van der Waals surface area contributed by atoms with Crippen LogP contribution in [0, 0.1) is 0 Å². The number of carbonyl (C=O) groups excluding carboxylic acids is 1. The van der Waals surface area contributed by atoms with Gasteiger partial charge in [0.2, 0.25) is 5.75 Å². The van der Waals surface area contributed by atoms with Gasteiger partial charge in [-0.3, -0.25) is 0 Å². The van der Waals surface area contributed by atoms with Gasteiger partial charge in [-0.2, -0.15) is 0 Å². The van der Waals surface area contributed by atoms with Crippen LogP contribution in [0.4, 0.5) is 0 Å². The Morgan fingerprint density at radius 3 is 2.16 bits per heavy atom. The van der Waals surface area contributed by atoms with Gasteiger partial charge in [-0.15, -0.1) is 0 Å². The maximum atomic E-state index is 12.7. The highest BCUT2D eigenvalue weighted by atomic mass is 16.5. The van der Waals surface area contributed by atoms with Gasteiger partial charge in [-0.05, 0) is 43.8 Å². The smallest absolute Gasteiger partial charge is 0.338 e. The summed E-state index contributed by atoms with van der Waals surface area (Å²) in [5, 5.41) is 0. The molecule has 0 aromatic heterocycles. The van der Waals surface area contributed by atoms with Crippen molar-refractivity contribution >= 4 is 5.97 Å². The van der Waals surface area contributed by atoms with Gasteiger partial charge in [-0.1, -0.05) is 50.5 Å². The Morgan fingerprint density at radius 1 is 0.935 bits per heavy atom. The van der Waals surface area contributed by atoms with Crippen molar-refractivity contribution in [2.45, 2.75) is 45.8 Å². The molecule has 31 heavy (non-hydrogen) atoms. The molecular weight excluding hydrogens is 394 g/mol. The molecule has 0 aliphatic rings. The largest absolute Gasteiger partial charge is 0.493 e. The lowest BCUT2D eigenvalue weighted by Crippen LogP contribution is -2.13. The molecule has 0 fully saturated rings. The monoisotopic (exact) mass is 429 g/mol. The Hall–Kier alpha value is -2.73. The lowest BCUT2D eigenvalue weighted by atomic mass is 10.1. The van der Waals surface area contributed by atoms with Crippen LogP contribution in [0.25, 0.3) is 0 Å². The molecule has 0 unspecified atom stereocenters. The van der Waals surface area contributed by atoms with Crippen LogP contribution in [0.5, 0.6) is 17.2 Å². The van der Waals surface area contributed by atoms with E-state index in [2.05, 4.69) is 11.8 Å². The molecule has 0 N–H and O–H groups in total. The number of hydrogen-bond donors (Lipinski definition) is 0. The van der Waals surface area contributed by atoms with Gasteiger partial charge < -0.3 is 23.8 Å². The first-order valence-electron chi connectivity index (χ1n) is 10.8. The summed E-state index contributed by atoms with van der Waals surface area (Å²) in [6, 6.07) is 11.2. The third-order valence-corrected chi connectivity index (χ3v) is 4.90. The SMILES string of the molecule is CCCCCCOc1c(OC)cc(C(=O)OCc2ccccc2CN(C)C)cc1OC.